The van der Waals surface area contributed by atoms with Gasteiger partial charge in [0.05, 0.1) is 6.10 Å². The number of ether oxygens (including phenoxy) is 1. The molecule has 0 aliphatic carbocycles. The number of thioether (sulfide) groups is 1. The van der Waals surface area contributed by atoms with E-state index in [9.17, 15) is 0 Å². The minimum absolute atomic E-state index is 0.530. The highest BCUT2D eigenvalue weighted by Gasteiger charge is 2.16. The van der Waals surface area contributed by atoms with Crippen LogP contribution in [0, 0.1) is 5.92 Å². The lowest BCUT2D eigenvalue weighted by Crippen LogP contribution is -2.27. The molecule has 1 N–H and O–H groups in total. The van der Waals surface area contributed by atoms with Crippen molar-refractivity contribution >= 4 is 11.8 Å². The summed E-state index contributed by atoms with van der Waals surface area (Å²) in [4.78, 5) is 0. The molecule has 2 nitrogen and oxygen atoms in total. The quantitative estimate of drug-likeness (QED) is 0.727. The predicted molar refractivity (Wildman–Crippen MR) is 68.6 cm³/mol. The smallest absolute Gasteiger partial charge is 0.0666 e. The number of rotatable bonds is 7. The first-order chi connectivity index (χ1) is 7.18. The van der Waals surface area contributed by atoms with Crippen LogP contribution in [-0.4, -0.2) is 36.8 Å². The highest BCUT2D eigenvalue weighted by Crippen LogP contribution is 2.19. The fraction of sp³-hybridized carbons (Fsp3) is 1.00. The van der Waals surface area contributed by atoms with Crippen LogP contribution in [-0.2, 0) is 4.74 Å². The van der Waals surface area contributed by atoms with E-state index in [4.69, 9.17) is 4.74 Å². The van der Waals surface area contributed by atoms with Crippen LogP contribution in [0.25, 0.3) is 0 Å². The number of nitrogens with one attached hydrogen (secondary N) is 1. The van der Waals surface area contributed by atoms with Gasteiger partial charge in [-0.15, -0.1) is 0 Å². The van der Waals surface area contributed by atoms with Crippen LogP contribution in [0.15, 0.2) is 0 Å². The SMILES string of the molecule is CC(C)CNCC(C)SCC1CCCO1. The second-order valence-electron chi connectivity index (χ2n) is 4.83. The lowest BCUT2D eigenvalue weighted by molar-refractivity contribution is 0.129. The van der Waals surface area contributed by atoms with Crippen LogP contribution in [0.4, 0.5) is 0 Å². The average molecular weight is 231 g/mol. The lowest BCUT2D eigenvalue weighted by atomic mass is 10.2. The Balaban J connectivity index is 1.95. The normalized spacial score (nSPS) is 23.6. The average Bonchev–Trinajstić information content (AvgIpc) is 2.66. The molecular formula is C12H25NOS. The Labute approximate surface area is 98.5 Å². The molecule has 0 aromatic rings. The van der Waals surface area contributed by atoms with E-state index in [0.717, 1.165) is 25.6 Å². The molecule has 3 heteroatoms. The van der Waals surface area contributed by atoms with Crippen molar-refractivity contribution in [2.45, 2.75) is 45.0 Å². The van der Waals surface area contributed by atoms with Crippen LogP contribution in [0.3, 0.4) is 0 Å². The summed E-state index contributed by atoms with van der Waals surface area (Å²) in [6, 6.07) is 0. The summed E-state index contributed by atoms with van der Waals surface area (Å²) in [6.45, 7) is 10.0. The van der Waals surface area contributed by atoms with Crippen molar-refractivity contribution in [3.8, 4) is 0 Å². The van der Waals surface area contributed by atoms with Crippen LogP contribution in [0.1, 0.15) is 33.6 Å². The van der Waals surface area contributed by atoms with E-state index in [0.29, 0.717) is 11.4 Å². The van der Waals surface area contributed by atoms with Gasteiger partial charge in [0.2, 0.25) is 0 Å². The molecule has 0 aromatic carbocycles. The molecule has 1 rings (SSSR count). The maximum atomic E-state index is 5.60. The fourth-order valence-corrected chi connectivity index (χ4v) is 2.72. The first-order valence-corrected chi connectivity index (χ1v) is 7.17. The van der Waals surface area contributed by atoms with Crippen molar-refractivity contribution in [3.63, 3.8) is 0 Å². The van der Waals surface area contributed by atoms with E-state index in [2.05, 4.69) is 26.1 Å². The van der Waals surface area contributed by atoms with Crippen molar-refractivity contribution < 1.29 is 4.74 Å². The summed E-state index contributed by atoms with van der Waals surface area (Å²) in [7, 11) is 0. The molecule has 1 fully saturated rings. The second kappa shape index (κ2) is 7.53. The molecule has 0 amide bonds. The molecular weight excluding hydrogens is 206 g/mol. The lowest BCUT2D eigenvalue weighted by Gasteiger charge is -2.15. The van der Waals surface area contributed by atoms with Crippen molar-refractivity contribution in [2.24, 2.45) is 5.92 Å². The zero-order valence-electron chi connectivity index (χ0n) is 10.3. The maximum Gasteiger partial charge on any atom is 0.0666 e. The van der Waals surface area contributed by atoms with Gasteiger partial charge in [-0.25, -0.2) is 0 Å². The summed E-state index contributed by atoms with van der Waals surface area (Å²) in [5.41, 5.74) is 0. The summed E-state index contributed by atoms with van der Waals surface area (Å²) in [5, 5.41) is 4.20. The van der Waals surface area contributed by atoms with Gasteiger partial charge < -0.3 is 10.1 Å². The molecule has 0 bridgehead atoms. The molecule has 1 aliphatic rings. The van der Waals surface area contributed by atoms with Crippen LogP contribution in [0.2, 0.25) is 0 Å². The largest absolute Gasteiger partial charge is 0.377 e. The van der Waals surface area contributed by atoms with Gasteiger partial charge in [-0.2, -0.15) is 11.8 Å². The van der Waals surface area contributed by atoms with Crippen LogP contribution < -0.4 is 5.32 Å². The Kier molecular flexibility index (Phi) is 6.69. The Morgan fingerprint density at radius 1 is 1.33 bits per heavy atom. The van der Waals surface area contributed by atoms with Crippen molar-refractivity contribution in [2.75, 3.05) is 25.4 Å². The van der Waals surface area contributed by atoms with Gasteiger partial charge in [0, 0.05) is 24.2 Å². The van der Waals surface area contributed by atoms with Gasteiger partial charge in [0.15, 0.2) is 0 Å². The maximum absolute atomic E-state index is 5.60. The Morgan fingerprint density at radius 3 is 2.73 bits per heavy atom. The third-order valence-electron chi connectivity index (χ3n) is 2.58. The van der Waals surface area contributed by atoms with Gasteiger partial charge in [-0.3, -0.25) is 0 Å². The Bertz CT molecular complexity index is 158. The first kappa shape index (κ1) is 13.3. The fourth-order valence-electron chi connectivity index (χ4n) is 1.68. The van der Waals surface area contributed by atoms with E-state index in [1.165, 1.54) is 18.6 Å². The summed E-state index contributed by atoms with van der Waals surface area (Å²) in [5.74, 6) is 1.92. The van der Waals surface area contributed by atoms with E-state index in [-0.39, 0.29) is 0 Å². The molecule has 1 heterocycles. The molecule has 0 radical (unpaired) electrons. The molecule has 2 atom stereocenters. The van der Waals surface area contributed by atoms with E-state index in [1.807, 2.05) is 11.8 Å². The van der Waals surface area contributed by atoms with Crippen molar-refractivity contribution in [1.82, 2.24) is 5.32 Å². The van der Waals surface area contributed by atoms with Crippen molar-refractivity contribution in [1.29, 1.82) is 0 Å². The monoisotopic (exact) mass is 231 g/mol. The number of hydrogen-bond donors (Lipinski definition) is 1. The highest BCUT2D eigenvalue weighted by molar-refractivity contribution is 7.99. The summed E-state index contributed by atoms with van der Waals surface area (Å²) >= 11 is 2.04. The molecule has 1 aliphatic heterocycles. The standard InChI is InChI=1S/C12H25NOS/c1-10(2)7-13-8-11(3)15-9-12-5-4-6-14-12/h10-13H,4-9H2,1-3H3. The minimum atomic E-state index is 0.530. The predicted octanol–water partition coefficient (Wildman–Crippen LogP) is 2.53. The zero-order chi connectivity index (χ0) is 11.1. The Morgan fingerprint density at radius 2 is 2.13 bits per heavy atom. The molecule has 2 unspecified atom stereocenters. The molecule has 15 heavy (non-hydrogen) atoms. The second-order valence-corrected chi connectivity index (χ2v) is 6.30. The molecule has 90 valence electrons. The minimum Gasteiger partial charge on any atom is -0.377 e. The zero-order valence-corrected chi connectivity index (χ0v) is 11.1. The van der Waals surface area contributed by atoms with Gasteiger partial charge in [-0.1, -0.05) is 20.8 Å². The van der Waals surface area contributed by atoms with Gasteiger partial charge in [-0.05, 0) is 25.3 Å². The van der Waals surface area contributed by atoms with Gasteiger partial charge in [0.1, 0.15) is 0 Å². The summed E-state index contributed by atoms with van der Waals surface area (Å²) < 4.78 is 5.60. The van der Waals surface area contributed by atoms with Crippen LogP contribution >= 0.6 is 11.8 Å². The highest BCUT2D eigenvalue weighted by atomic mass is 32.2. The van der Waals surface area contributed by atoms with Gasteiger partial charge in [0.25, 0.3) is 0 Å². The first-order valence-electron chi connectivity index (χ1n) is 6.12. The third-order valence-corrected chi connectivity index (χ3v) is 3.87. The third kappa shape index (κ3) is 6.44. The van der Waals surface area contributed by atoms with E-state index < -0.39 is 0 Å². The van der Waals surface area contributed by atoms with E-state index in [1.54, 1.807) is 0 Å². The number of hydrogen-bond acceptors (Lipinski definition) is 3. The van der Waals surface area contributed by atoms with E-state index >= 15 is 0 Å². The molecule has 1 saturated heterocycles. The summed E-state index contributed by atoms with van der Waals surface area (Å²) in [6.07, 6.45) is 3.05. The van der Waals surface area contributed by atoms with Crippen molar-refractivity contribution in [3.05, 3.63) is 0 Å². The molecule has 0 spiro atoms. The molecule has 0 aromatic heterocycles. The Hall–Kier alpha value is 0.270. The topological polar surface area (TPSA) is 21.3 Å². The molecule has 0 saturated carbocycles. The van der Waals surface area contributed by atoms with Gasteiger partial charge >= 0.3 is 0 Å². The van der Waals surface area contributed by atoms with Crippen LogP contribution in [0.5, 0.6) is 0 Å².